The quantitative estimate of drug-likeness (QED) is 0.589. The van der Waals surface area contributed by atoms with Gasteiger partial charge in [0.2, 0.25) is 0 Å². The number of para-hydroxylation sites is 1. The summed E-state index contributed by atoms with van der Waals surface area (Å²) in [5.41, 5.74) is 1.50. The van der Waals surface area contributed by atoms with Crippen LogP contribution in [0.3, 0.4) is 0 Å². The fraction of sp³-hybridized carbons (Fsp3) is 0.200. The van der Waals surface area contributed by atoms with E-state index in [2.05, 4.69) is 10.3 Å². The molecule has 9 heteroatoms. The molecule has 6 nitrogen and oxygen atoms in total. The first kappa shape index (κ1) is 21.3. The summed E-state index contributed by atoms with van der Waals surface area (Å²) in [5, 5.41) is 3.32. The lowest BCUT2D eigenvalue weighted by atomic mass is 10.2. The number of aryl methyl sites for hydroxylation is 2. The second-order valence-corrected chi connectivity index (χ2v) is 9.86. The Morgan fingerprint density at radius 3 is 2.52 bits per heavy atom. The van der Waals surface area contributed by atoms with Gasteiger partial charge in [-0.25, -0.2) is 13.4 Å². The van der Waals surface area contributed by atoms with Crippen molar-refractivity contribution in [1.29, 1.82) is 0 Å². The molecule has 0 aliphatic rings. The molecule has 3 rings (SSSR count). The number of sulfonamides is 1. The zero-order valence-corrected chi connectivity index (χ0v) is 18.5. The van der Waals surface area contributed by atoms with Crippen molar-refractivity contribution in [3.8, 4) is 0 Å². The molecule has 0 aliphatic heterocycles. The summed E-state index contributed by atoms with van der Waals surface area (Å²) < 4.78 is 27.2. The SMILES string of the molecule is CCc1nc(NC(=O)c2cc(S(=O)(=O)N(C)c3ccccc3)ccc2Cl)sc1C. The number of hydrogen-bond acceptors (Lipinski definition) is 5. The molecule has 0 saturated heterocycles. The molecule has 0 radical (unpaired) electrons. The molecule has 1 N–H and O–H groups in total. The molecule has 1 aromatic heterocycles. The van der Waals surface area contributed by atoms with Crippen LogP contribution >= 0.6 is 22.9 Å². The second-order valence-electron chi connectivity index (χ2n) is 6.28. The van der Waals surface area contributed by atoms with Gasteiger partial charge in [0.15, 0.2) is 5.13 Å². The van der Waals surface area contributed by atoms with Gasteiger partial charge in [0, 0.05) is 11.9 Å². The van der Waals surface area contributed by atoms with Crippen molar-refractivity contribution in [2.75, 3.05) is 16.7 Å². The zero-order valence-electron chi connectivity index (χ0n) is 16.1. The largest absolute Gasteiger partial charge is 0.298 e. The number of halogens is 1. The van der Waals surface area contributed by atoms with Gasteiger partial charge in [0.25, 0.3) is 15.9 Å². The number of aromatic nitrogens is 1. The average molecular weight is 450 g/mol. The Bertz CT molecular complexity index is 1150. The van der Waals surface area contributed by atoms with Crippen LogP contribution in [0.4, 0.5) is 10.8 Å². The minimum Gasteiger partial charge on any atom is -0.298 e. The van der Waals surface area contributed by atoms with E-state index in [4.69, 9.17) is 11.6 Å². The van der Waals surface area contributed by atoms with Crippen molar-refractivity contribution >= 4 is 49.7 Å². The molecule has 1 heterocycles. The van der Waals surface area contributed by atoms with Crippen molar-refractivity contribution in [3.05, 3.63) is 69.7 Å². The number of thiazole rings is 1. The number of anilines is 2. The van der Waals surface area contributed by atoms with E-state index in [1.165, 1.54) is 36.6 Å². The Morgan fingerprint density at radius 2 is 1.90 bits per heavy atom. The van der Waals surface area contributed by atoms with Crippen LogP contribution in [0.15, 0.2) is 53.4 Å². The third kappa shape index (κ3) is 4.44. The number of benzene rings is 2. The Balaban J connectivity index is 1.92. The fourth-order valence-corrected chi connectivity index (χ4v) is 5.07. The van der Waals surface area contributed by atoms with Gasteiger partial charge in [0.1, 0.15) is 0 Å². The Morgan fingerprint density at radius 1 is 1.21 bits per heavy atom. The minimum absolute atomic E-state index is 0.0250. The van der Waals surface area contributed by atoms with Gasteiger partial charge >= 0.3 is 0 Å². The maximum atomic E-state index is 13.0. The van der Waals surface area contributed by atoms with Crippen LogP contribution < -0.4 is 9.62 Å². The van der Waals surface area contributed by atoms with E-state index in [1.54, 1.807) is 30.3 Å². The van der Waals surface area contributed by atoms with Crippen molar-refractivity contribution in [2.24, 2.45) is 0 Å². The third-order valence-corrected chi connectivity index (χ3v) is 7.45. The number of amides is 1. The van der Waals surface area contributed by atoms with Crippen molar-refractivity contribution in [1.82, 2.24) is 4.98 Å². The molecule has 0 spiro atoms. The highest BCUT2D eigenvalue weighted by atomic mass is 35.5. The standard InChI is InChI=1S/C20H20ClN3O3S2/c1-4-18-13(2)28-20(22-18)23-19(25)16-12-15(10-11-17(16)21)29(26,27)24(3)14-8-6-5-7-9-14/h5-12H,4H2,1-3H3,(H,22,23,25). The number of carbonyl (C=O) groups is 1. The first-order valence-electron chi connectivity index (χ1n) is 8.85. The maximum Gasteiger partial charge on any atom is 0.264 e. The zero-order chi connectivity index (χ0) is 21.2. The van der Waals surface area contributed by atoms with Crippen LogP contribution in [-0.2, 0) is 16.4 Å². The van der Waals surface area contributed by atoms with E-state index >= 15 is 0 Å². The topological polar surface area (TPSA) is 79.4 Å². The number of hydrogen-bond donors (Lipinski definition) is 1. The first-order chi connectivity index (χ1) is 13.7. The highest BCUT2D eigenvalue weighted by molar-refractivity contribution is 7.92. The molecule has 0 unspecified atom stereocenters. The molecule has 0 bridgehead atoms. The van der Waals surface area contributed by atoms with E-state index in [1.807, 2.05) is 13.8 Å². The van der Waals surface area contributed by atoms with Gasteiger partial charge in [-0.1, -0.05) is 36.7 Å². The molecular formula is C20H20ClN3O3S2. The number of nitrogens with one attached hydrogen (secondary N) is 1. The number of carbonyl (C=O) groups excluding carboxylic acids is 1. The van der Waals surface area contributed by atoms with Crippen molar-refractivity contribution < 1.29 is 13.2 Å². The summed E-state index contributed by atoms with van der Waals surface area (Å²) in [6.07, 6.45) is 0.762. The first-order valence-corrected chi connectivity index (χ1v) is 11.5. The van der Waals surface area contributed by atoms with E-state index < -0.39 is 15.9 Å². The lowest BCUT2D eigenvalue weighted by Crippen LogP contribution is -2.27. The normalized spacial score (nSPS) is 11.3. The summed E-state index contributed by atoms with van der Waals surface area (Å²) in [4.78, 5) is 18.1. The Labute approximate surface area is 179 Å². The van der Waals surface area contributed by atoms with Crippen molar-refractivity contribution in [2.45, 2.75) is 25.2 Å². The van der Waals surface area contributed by atoms with Gasteiger partial charge in [-0.3, -0.25) is 14.4 Å². The molecular weight excluding hydrogens is 430 g/mol. The summed E-state index contributed by atoms with van der Waals surface area (Å²) in [7, 11) is -2.40. The van der Waals surface area contributed by atoms with E-state index in [0.29, 0.717) is 10.8 Å². The molecule has 0 atom stereocenters. The third-order valence-electron chi connectivity index (χ3n) is 4.41. The minimum atomic E-state index is -3.86. The van der Waals surface area contributed by atoms with Crippen LogP contribution in [0.5, 0.6) is 0 Å². The average Bonchev–Trinajstić information content (AvgIpc) is 3.07. The summed E-state index contributed by atoms with van der Waals surface area (Å²) >= 11 is 7.55. The maximum absolute atomic E-state index is 13.0. The Hall–Kier alpha value is -2.42. The monoisotopic (exact) mass is 449 g/mol. The highest BCUT2D eigenvalue weighted by Gasteiger charge is 2.24. The number of rotatable bonds is 6. The summed E-state index contributed by atoms with van der Waals surface area (Å²) in [5.74, 6) is -0.509. The fourth-order valence-electron chi connectivity index (χ4n) is 2.75. The lowest BCUT2D eigenvalue weighted by molar-refractivity contribution is 0.102. The van der Waals surface area contributed by atoms with Crippen molar-refractivity contribution in [3.63, 3.8) is 0 Å². The molecule has 0 fully saturated rings. The number of nitrogens with zero attached hydrogens (tertiary/aromatic N) is 2. The van der Waals surface area contributed by atoms with Crippen LogP contribution in [0, 0.1) is 6.92 Å². The summed E-state index contributed by atoms with van der Waals surface area (Å²) in [6.45, 7) is 3.92. The molecule has 29 heavy (non-hydrogen) atoms. The van der Waals surface area contributed by atoms with E-state index in [-0.39, 0.29) is 15.5 Å². The predicted molar refractivity (Wildman–Crippen MR) is 118 cm³/mol. The van der Waals surface area contributed by atoms with Gasteiger partial charge in [0.05, 0.1) is 26.9 Å². The van der Waals surface area contributed by atoms with E-state index in [0.717, 1.165) is 21.3 Å². The van der Waals surface area contributed by atoms with Crippen LogP contribution in [0.2, 0.25) is 5.02 Å². The highest BCUT2D eigenvalue weighted by Crippen LogP contribution is 2.27. The van der Waals surface area contributed by atoms with Crippen LogP contribution in [0.25, 0.3) is 0 Å². The molecule has 0 aliphatic carbocycles. The molecule has 1 amide bonds. The Kier molecular flexibility index (Phi) is 6.26. The van der Waals surface area contributed by atoms with Crippen LogP contribution in [0.1, 0.15) is 27.9 Å². The smallest absolute Gasteiger partial charge is 0.264 e. The molecule has 0 saturated carbocycles. The van der Waals surface area contributed by atoms with Gasteiger partial charge in [-0.05, 0) is 43.7 Å². The predicted octanol–water partition coefficient (Wildman–Crippen LogP) is 4.74. The van der Waals surface area contributed by atoms with Gasteiger partial charge in [-0.2, -0.15) is 0 Å². The van der Waals surface area contributed by atoms with E-state index in [9.17, 15) is 13.2 Å². The second kappa shape index (κ2) is 8.52. The summed E-state index contributed by atoms with van der Waals surface area (Å²) in [6, 6.07) is 12.8. The van der Waals surface area contributed by atoms with Gasteiger partial charge in [-0.15, -0.1) is 11.3 Å². The molecule has 3 aromatic rings. The lowest BCUT2D eigenvalue weighted by Gasteiger charge is -2.20. The van der Waals surface area contributed by atoms with Gasteiger partial charge < -0.3 is 0 Å². The van der Waals surface area contributed by atoms with Crippen LogP contribution in [-0.4, -0.2) is 26.4 Å². The molecule has 2 aromatic carbocycles. The molecule has 152 valence electrons.